The van der Waals surface area contributed by atoms with Gasteiger partial charge in [-0.05, 0) is 24.6 Å². The molecule has 0 aliphatic rings. The van der Waals surface area contributed by atoms with Crippen molar-refractivity contribution in [3.05, 3.63) is 29.8 Å². The van der Waals surface area contributed by atoms with Gasteiger partial charge in [-0.15, -0.1) is 0 Å². The Balaban J connectivity index is 3.32. The van der Waals surface area contributed by atoms with Gasteiger partial charge in [-0.1, -0.05) is 13.0 Å². The van der Waals surface area contributed by atoms with Gasteiger partial charge >= 0.3 is 5.97 Å². The zero-order valence-corrected chi connectivity index (χ0v) is 10.5. The molecule has 0 heterocycles. The molecule has 6 nitrogen and oxygen atoms in total. The summed E-state index contributed by atoms with van der Waals surface area (Å²) in [6.07, 6.45) is 0.0367. The van der Waals surface area contributed by atoms with Crippen LogP contribution < -0.4 is 5.73 Å². The monoisotopic (exact) mass is 271 g/mol. The van der Waals surface area contributed by atoms with E-state index >= 15 is 0 Å². The molecule has 1 unspecified atom stereocenters. The van der Waals surface area contributed by atoms with Crippen molar-refractivity contribution in [3.8, 4) is 0 Å². The van der Waals surface area contributed by atoms with Gasteiger partial charge in [-0.3, -0.25) is 4.79 Å². The van der Waals surface area contributed by atoms with Crippen molar-refractivity contribution in [3.63, 3.8) is 0 Å². The molecule has 0 aliphatic carbocycles. The summed E-state index contributed by atoms with van der Waals surface area (Å²) < 4.78 is 24.2. The second kappa shape index (κ2) is 5.18. The Bertz CT molecular complexity index is 579. The average Bonchev–Trinajstić information content (AvgIpc) is 2.29. The van der Waals surface area contributed by atoms with Crippen LogP contribution in [0, 0.1) is 0 Å². The fraction of sp³-hybridized carbons (Fsp3) is 0.273. The number of primary amides is 1. The van der Waals surface area contributed by atoms with Crippen LogP contribution >= 0.6 is 0 Å². The van der Waals surface area contributed by atoms with E-state index in [4.69, 9.17) is 10.8 Å². The van der Waals surface area contributed by atoms with Crippen LogP contribution in [0.5, 0.6) is 0 Å². The van der Waals surface area contributed by atoms with E-state index in [1.165, 1.54) is 25.1 Å². The van der Waals surface area contributed by atoms with Crippen LogP contribution in [0.2, 0.25) is 0 Å². The molecular formula is C11H13NO5S. The molecule has 1 amide bonds. The largest absolute Gasteiger partial charge is 0.478 e. The molecular weight excluding hydrogens is 258 g/mol. The van der Waals surface area contributed by atoms with Crippen molar-refractivity contribution in [1.82, 2.24) is 0 Å². The van der Waals surface area contributed by atoms with Gasteiger partial charge in [0.05, 0.1) is 10.5 Å². The van der Waals surface area contributed by atoms with Crippen LogP contribution in [0.15, 0.2) is 29.2 Å². The molecule has 7 heteroatoms. The molecule has 0 saturated heterocycles. The number of amides is 1. The summed E-state index contributed by atoms with van der Waals surface area (Å²) >= 11 is 0. The zero-order valence-electron chi connectivity index (χ0n) is 9.66. The minimum absolute atomic E-state index is 0.0367. The first-order chi connectivity index (χ1) is 8.30. The molecule has 3 N–H and O–H groups in total. The second-order valence-electron chi connectivity index (χ2n) is 3.68. The van der Waals surface area contributed by atoms with E-state index in [1.807, 2.05) is 0 Å². The van der Waals surface area contributed by atoms with Crippen molar-refractivity contribution in [2.45, 2.75) is 23.5 Å². The third-order valence-electron chi connectivity index (χ3n) is 2.47. The number of carboxylic acids is 1. The number of nitrogens with two attached hydrogens (primary N) is 1. The molecule has 18 heavy (non-hydrogen) atoms. The van der Waals surface area contributed by atoms with Gasteiger partial charge in [0.15, 0.2) is 9.84 Å². The maximum absolute atomic E-state index is 12.1. The van der Waals surface area contributed by atoms with Crippen LogP contribution in [0.4, 0.5) is 0 Å². The Morgan fingerprint density at radius 1 is 1.39 bits per heavy atom. The van der Waals surface area contributed by atoms with Crippen LogP contribution in [0.3, 0.4) is 0 Å². The molecule has 0 spiro atoms. The molecule has 1 aromatic carbocycles. The Morgan fingerprint density at radius 3 is 2.44 bits per heavy atom. The molecule has 0 aromatic heterocycles. The first-order valence-electron chi connectivity index (χ1n) is 5.17. The van der Waals surface area contributed by atoms with Gasteiger partial charge in [-0.25, -0.2) is 13.2 Å². The summed E-state index contributed by atoms with van der Waals surface area (Å²) in [5.74, 6) is -2.18. The highest BCUT2D eigenvalue weighted by Crippen LogP contribution is 2.19. The smallest absolute Gasteiger partial charge is 0.335 e. The summed E-state index contributed by atoms with van der Waals surface area (Å²) in [5, 5.41) is 7.45. The van der Waals surface area contributed by atoms with E-state index in [2.05, 4.69) is 0 Å². The molecule has 0 saturated carbocycles. The number of carboxylic acid groups (broad SMARTS) is 1. The lowest BCUT2D eigenvalue weighted by atomic mass is 10.2. The van der Waals surface area contributed by atoms with Gasteiger partial charge in [-0.2, -0.15) is 0 Å². The van der Waals surface area contributed by atoms with Crippen LogP contribution in [0.25, 0.3) is 0 Å². The van der Waals surface area contributed by atoms with Crippen molar-refractivity contribution in [2.75, 3.05) is 0 Å². The quantitative estimate of drug-likeness (QED) is 0.805. The average molecular weight is 271 g/mol. The summed E-state index contributed by atoms with van der Waals surface area (Å²) in [7, 11) is -3.94. The zero-order chi connectivity index (χ0) is 13.9. The lowest BCUT2D eigenvalue weighted by Gasteiger charge is -2.12. The Hall–Kier alpha value is -1.89. The minimum Gasteiger partial charge on any atom is -0.478 e. The van der Waals surface area contributed by atoms with Crippen molar-refractivity contribution in [2.24, 2.45) is 5.73 Å². The fourth-order valence-corrected chi connectivity index (χ4v) is 3.18. The van der Waals surface area contributed by atoms with E-state index < -0.39 is 27.0 Å². The van der Waals surface area contributed by atoms with Gasteiger partial charge in [0.1, 0.15) is 5.25 Å². The first kappa shape index (κ1) is 14.2. The van der Waals surface area contributed by atoms with E-state index in [9.17, 15) is 18.0 Å². The normalized spacial score (nSPS) is 12.9. The van der Waals surface area contributed by atoms with Gasteiger partial charge < -0.3 is 10.8 Å². The van der Waals surface area contributed by atoms with Gasteiger partial charge in [0.25, 0.3) is 0 Å². The number of hydrogen-bond donors (Lipinski definition) is 2. The van der Waals surface area contributed by atoms with Crippen molar-refractivity contribution >= 4 is 21.7 Å². The number of sulfone groups is 1. The highest BCUT2D eigenvalue weighted by Gasteiger charge is 2.31. The first-order valence-corrected chi connectivity index (χ1v) is 6.72. The van der Waals surface area contributed by atoms with E-state index in [0.29, 0.717) is 0 Å². The molecule has 0 fully saturated rings. The number of aromatic carboxylic acids is 1. The highest BCUT2D eigenvalue weighted by molar-refractivity contribution is 7.92. The maximum Gasteiger partial charge on any atom is 0.335 e. The van der Waals surface area contributed by atoms with Gasteiger partial charge in [0.2, 0.25) is 5.91 Å². The molecule has 0 bridgehead atoms. The van der Waals surface area contributed by atoms with E-state index in [1.54, 1.807) is 0 Å². The Morgan fingerprint density at radius 2 is 2.00 bits per heavy atom. The number of benzene rings is 1. The fourth-order valence-electron chi connectivity index (χ4n) is 1.54. The summed E-state index contributed by atoms with van der Waals surface area (Å²) in [6, 6.07) is 4.84. The van der Waals surface area contributed by atoms with Crippen LogP contribution in [0.1, 0.15) is 23.7 Å². The number of rotatable bonds is 5. The van der Waals surface area contributed by atoms with Gasteiger partial charge in [0, 0.05) is 0 Å². The summed E-state index contributed by atoms with van der Waals surface area (Å²) in [5.41, 5.74) is 4.88. The maximum atomic E-state index is 12.1. The number of carbonyl (C=O) groups excluding carboxylic acids is 1. The van der Waals surface area contributed by atoms with E-state index in [-0.39, 0.29) is 16.9 Å². The minimum atomic E-state index is -3.94. The van der Waals surface area contributed by atoms with Crippen molar-refractivity contribution in [1.29, 1.82) is 0 Å². The van der Waals surface area contributed by atoms with Crippen LogP contribution in [-0.4, -0.2) is 30.7 Å². The number of carbonyl (C=O) groups is 2. The predicted octanol–water partition coefficient (Wildman–Crippen LogP) is 0.422. The molecule has 0 radical (unpaired) electrons. The van der Waals surface area contributed by atoms with Crippen molar-refractivity contribution < 1.29 is 23.1 Å². The third-order valence-corrected chi connectivity index (χ3v) is 4.70. The SMILES string of the molecule is CCC(C(N)=O)S(=O)(=O)c1cccc(C(=O)O)c1. The molecule has 1 rings (SSSR count). The second-order valence-corrected chi connectivity index (χ2v) is 5.81. The summed E-state index contributed by atoms with van der Waals surface area (Å²) in [6.45, 7) is 1.52. The lowest BCUT2D eigenvalue weighted by molar-refractivity contribution is -0.117. The third kappa shape index (κ3) is 2.67. The topological polar surface area (TPSA) is 115 Å². The summed E-state index contributed by atoms with van der Waals surface area (Å²) in [4.78, 5) is 21.6. The standard InChI is InChI=1S/C11H13NO5S/c1-2-9(10(12)13)18(16,17)8-5-3-4-7(6-8)11(14)15/h3-6,9H,2H2,1H3,(H2,12,13)(H,14,15). The lowest BCUT2D eigenvalue weighted by Crippen LogP contribution is -2.35. The van der Waals surface area contributed by atoms with E-state index in [0.717, 1.165) is 6.07 Å². The van der Waals surface area contributed by atoms with Crippen LogP contribution in [-0.2, 0) is 14.6 Å². The molecule has 0 aliphatic heterocycles. The molecule has 98 valence electrons. The highest BCUT2D eigenvalue weighted by atomic mass is 32.2. The molecule has 1 aromatic rings. The predicted molar refractivity (Wildman–Crippen MR) is 63.9 cm³/mol. The Kier molecular flexibility index (Phi) is 4.07. The molecule has 1 atom stereocenters. The number of hydrogen-bond acceptors (Lipinski definition) is 4. The Labute approximate surface area is 104 Å².